The van der Waals surface area contributed by atoms with Gasteiger partial charge in [-0.25, -0.2) is 13.5 Å². The molecule has 0 spiro atoms. The summed E-state index contributed by atoms with van der Waals surface area (Å²) in [7, 11) is 0. The summed E-state index contributed by atoms with van der Waals surface area (Å²) in [4.78, 5) is 2.11. The van der Waals surface area contributed by atoms with Gasteiger partial charge in [-0.3, -0.25) is 0 Å². The summed E-state index contributed by atoms with van der Waals surface area (Å²) < 4.78 is 35.3. The summed E-state index contributed by atoms with van der Waals surface area (Å²) in [5, 5.41) is 8.63. The van der Waals surface area contributed by atoms with Crippen LogP contribution in [0.3, 0.4) is 0 Å². The van der Waals surface area contributed by atoms with Crippen LogP contribution >= 0.6 is 11.3 Å². The fraction of sp³-hybridized carbons (Fsp3) is 0.160. The van der Waals surface area contributed by atoms with Gasteiger partial charge in [-0.2, -0.15) is 16.4 Å². The number of benzene rings is 2. The van der Waals surface area contributed by atoms with Crippen molar-refractivity contribution in [3.63, 3.8) is 0 Å². The smallest absolute Gasteiger partial charge is 0.160 e. The molecule has 33 heavy (non-hydrogen) atoms. The number of rotatable bonds is 6. The molecule has 0 radical (unpaired) electrons. The van der Waals surface area contributed by atoms with E-state index in [1.165, 1.54) is 16.8 Å². The third kappa shape index (κ3) is 4.40. The topological polar surface area (TPSA) is 56.3 Å². The van der Waals surface area contributed by atoms with E-state index < -0.39 is 17.9 Å². The Bertz CT molecular complexity index is 1260. The Kier molecular flexibility index (Phi) is 5.70. The Morgan fingerprint density at radius 1 is 1.12 bits per heavy atom. The van der Waals surface area contributed by atoms with Crippen LogP contribution in [0.4, 0.5) is 14.5 Å². The van der Waals surface area contributed by atoms with Gasteiger partial charge in [0, 0.05) is 46.7 Å². The minimum atomic E-state index is -0.658. The van der Waals surface area contributed by atoms with Crippen LogP contribution in [-0.4, -0.2) is 27.8 Å². The first-order valence-electron chi connectivity index (χ1n) is 10.5. The van der Waals surface area contributed by atoms with Crippen molar-refractivity contribution in [2.45, 2.75) is 12.6 Å². The van der Waals surface area contributed by atoms with Crippen molar-refractivity contribution in [3.05, 3.63) is 101 Å². The second kappa shape index (κ2) is 8.80. The molecule has 1 atom stereocenters. The first-order valence-corrected chi connectivity index (χ1v) is 11.4. The molecule has 1 saturated heterocycles. The highest BCUT2D eigenvalue weighted by atomic mass is 32.1. The second-order valence-electron chi connectivity index (χ2n) is 7.93. The number of nitrogen functional groups attached to an aromatic ring is 1. The third-order valence-corrected chi connectivity index (χ3v) is 6.32. The third-order valence-electron chi connectivity index (χ3n) is 5.63. The Hall–Kier alpha value is -3.49. The van der Waals surface area contributed by atoms with Crippen molar-refractivity contribution in [2.75, 3.05) is 18.9 Å². The van der Waals surface area contributed by atoms with E-state index in [0.717, 1.165) is 40.6 Å². The molecule has 4 aromatic rings. The molecule has 1 fully saturated rings. The fourth-order valence-electron chi connectivity index (χ4n) is 3.98. The number of nitrogens with two attached hydrogens (primary N) is 1. The van der Waals surface area contributed by atoms with Crippen molar-refractivity contribution >= 4 is 17.0 Å². The van der Waals surface area contributed by atoms with Crippen molar-refractivity contribution in [1.29, 1.82) is 0 Å². The molecular formula is C25H22F2N4OS. The van der Waals surface area contributed by atoms with Crippen LogP contribution in [0.15, 0.2) is 77.8 Å². The molecule has 0 aliphatic carbocycles. The number of halogens is 2. The van der Waals surface area contributed by atoms with E-state index in [0.29, 0.717) is 24.5 Å². The number of ether oxygens (including phenoxy) is 1. The van der Waals surface area contributed by atoms with Crippen molar-refractivity contribution in [2.24, 2.45) is 0 Å². The highest BCUT2D eigenvalue weighted by molar-refractivity contribution is 7.08. The number of nitrogens with zero attached hydrogens (tertiary/aromatic N) is 3. The van der Waals surface area contributed by atoms with Crippen LogP contribution in [-0.2, 0) is 11.2 Å². The summed E-state index contributed by atoms with van der Waals surface area (Å²) in [6.07, 6.45) is 2.16. The maximum absolute atomic E-state index is 13.9. The van der Waals surface area contributed by atoms with Gasteiger partial charge in [-0.15, -0.1) is 0 Å². The van der Waals surface area contributed by atoms with E-state index >= 15 is 0 Å². The Labute approximate surface area is 194 Å². The summed E-state index contributed by atoms with van der Waals surface area (Å²) in [6, 6.07) is 13.1. The molecule has 168 valence electrons. The number of hydrogen-bond donors (Lipinski definition) is 1. The zero-order valence-corrected chi connectivity index (χ0v) is 18.6. The van der Waals surface area contributed by atoms with Crippen LogP contribution < -0.4 is 5.73 Å². The van der Waals surface area contributed by atoms with Gasteiger partial charge in [-0.1, -0.05) is 18.7 Å². The summed E-state index contributed by atoms with van der Waals surface area (Å²) in [5.41, 5.74) is 11.3. The van der Waals surface area contributed by atoms with E-state index in [9.17, 15) is 8.78 Å². The maximum Gasteiger partial charge on any atom is 0.160 e. The minimum absolute atomic E-state index is 0.306. The van der Waals surface area contributed by atoms with Crippen molar-refractivity contribution in [1.82, 2.24) is 14.7 Å². The lowest BCUT2D eigenvalue weighted by atomic mass is 10.1. The quantitative estimate of drug-likeness (QED) is 0.380. The lowest BCUT2D eigenvalue weighted by Crippen LogP contribution is -2.25. The molecule has 0 bridgehead atoms. The van der Waals surface area contributed by atoms with E-state index in [4.69, 9.17) is 10.5 Å². The summed E-state index contributed by atoms with van der Waals surface area (Å²) in [6.45, 7) is 5.26. The first kappa shape index (κ1) is 21.4. The first-order chi connectivity index (χ1) is 16.0. The average Bonchev–Trinajstić information content (AvgIpc) is 3.52. The number of anilines is 1. The molecule has 5 nitrogen and oxygen atoms in total. The molecule has 2 aromatic carbocycles. The number of aromatic nitrogens is 2. The molecule has 0 amide bonds. The maximum atomic E-state index is 13.9. The number of thiophene rings is 1. The zero-order chi connectivity index (χ0) is 22.9. The monoisotopic (exact) mass is 464 g/mol. The zero-order valence-electron chi connectivity index (χ0n) is 17.7. The number of hydrogen-bond acceptors (Lipinski definition) is 5. The van der Waals surface area contributed by atoms with Gasteiger partial charge < -0.3 is 15.4 Å². The SMILES string of the molecule is C=C1COC(c2cn(-c3cc(F)cc(F)c3)nc2-c2ccsc2)N1CCc1ccc(N)cc1. The van der Waals surface area contributed by atoms with Gasteiger partial charge >= 0.3 is 0 Å². The fourth-order valence-corrected chi connectivity index (χ4v) is 4.62. The molecule has 5 rings (SSSR count). The Morgan fingerprint density at radius 3 is 2.58 bits per heavy atom. The van der Waals surface area contributed by atoms with Crippen LogP contribution in [0.1, 0.15) is 17.4 Å². The van der Waals surface area contributed by atoms with Crippen LogP contribution in [0.5, 0.6) is 0 Å². The molecule has 1 aliphatic heterocycles. The predicted molar refractivity (Wildman–Crippen MR) is 126 cm³/mol. The lowest BCUT2D eigenvalue weighted by molar-refractivity contribution is 0.0356. The molecule has 1 aliphatic rings. The second-order valence-corrected chi connectivity index (χ2v) is 8.71. The molecule has 1 unspecified atom stereocenters. The van der Waals surface area contributed by atoms with Gasteiger partial charge in [0.1, 0.15) is 17.3 Å². The summed E-state index contributed by atoms with van der Waals surface area (Å²) in [5.74, 6) is -1.32. The molecule has 2 N–H and O–H groups in total. The average molecular weight is 465 g/mol. The molecule has 2 aromatic heterocycles. The van der Waals surface area contributed by atoms with Gasteiger partial charge in [0.25, 0.3) is 0 Å². The molecule has 8 heteroatoms. The van der Waals surface area contributed by atoms with E-state index in [-0.39, 0.29) is 0 Å². The van der Waals surface area contributed by atoms with Gasteiger partial charge in [0.15, 0.2) is 6.23 Å². The largest absolute Gasteiger partial charge is 0.399 e. The Balaban J connectivity index is 1.50. The lowest BCUT2D eigenvalue weighted by Gasteiger charge is -2.25. The van der Waals surface area contributed by atoms with Crippen LogP contribution in [0.2, 0.25) is 0 Å². The Morgan fingerprint density at radius 2 is 1.88 bits per heavy atom. The van der Waals surface area contributed by atoms with Gasteiger partial charge in [0.2, 0.25) is 0 Å². The van der Waals surface area contributed by atoms with E-state index in [2.05, 4.69) is 16.6 Å². The molecule has 3 heterocycles. The highest BCUT2D eigenvalue weighted by Gasteiger charge is 2.33. The van der Waals surface area contributed by atoms with E-state index in [1.807, 2.05) is 41.1 Å². The van der Waals surface area contributed by atoms with Crippen molar-refractivity contribution < 1.29 is 13.5 Å². The molecular weight excluding hydrogens is 442 g/mol. The normalized spacial score (nSPS) is 16.0. The summed E-state index contributed by atoms with van der Waals surface area (Å²) >= 11 is 1.55. The minimum Gasteiger partial charge on any atom is -0.399 e. The highest BCUT2D eigenvalue weighted by Crippen LogP contribution is 2.38. The van der Waals surface area contributed by atoms with E-state index in [1.54, 1.807) is 17.5 Å². The van der Waals surface area contributed by atoms with Gasteiger partial charge in [-0.05, 0) is 47.7 Å². The van der Waals surface area contributed by atoms with Crippen LogP contribution in [0, 0.1) is 11.6 Å². The van der Waals surface area contributed by atoms with Crippen molar-refractivity contribution in [3.8, 4) is 16.9 Å². The van der Waals surface area contributed by atoms with Crippen LogP contribution in [0.25, 0.3) is 16.9 Å². The predicted octanol–water partition coefficient (Wildman–Crippen LogP) is 5.55. The molecule has 0 saturated carbocycles. The standard InChI is InChI=1S/C25H22F2N4OS/c1-16-14-32-25(30(16)8-6-17-2-4-21(28)5-3-17)23-13-31(22-11-19(26)10-20(27)12-22)29-24(23)18-7-9-33-15-18/h2-5,7,9-13,15,25H,1,6,8,14,28H2. The van der Waals surface area contributed by atoms with Gasteiger partial charge in [0.05, 0.1) is 12.3 Å².